The zero-order valence-corrected chi connectivity index (χ0v) is 6.80. The summed E-state index contributed by atoms with van der Waals surface area (Å²) < 4.78 is 3.38. The van der Waals surface area contributed by atoms with Gasteiger partial charge in [0, 0.05) is 0 Å². The largest absolute Gasteiger partial charge is 1.00 e. The van der Waals surface area contributed by atoms with Gasteiger partial charge in [-0.05, 0) is 0 Å². The summed E-state index contributed by atoms with van der Waals surface area (Å²) in [6, 6.07) is 0. The van der Waals surface area contributed by atoms with E-state index in [1.807, 2.05) is 0 Å². The molecule has 0 rings (SSSR count). The second-order valence-corrected chi connectivity index (χ2v) is 2.16. The van der Waals surface area contributed by atoms with Crippen molar-refractivity contribution in [3.63, 3.8) is 0 Å². The Balaban J connectivity index is -0.000000180. The Kier molecular flexibility index (Phi) is 18.7. The van der Waals surface area contributed by atoms with Crippen molar-refractivity contribution in [1.29, 1.82) is 0 Å². The van der Waals surface area contributed by atoms with Gasteiger partial charge in [0.1, 0.15) is 0 Å². The molecular formula is H2Li2O5P2. The van der Waals surface area contributed by atoms with Crippen LogP contribution < -0.4 is 47.5 Å². The van der Waals surface area contributed by atoms with Crippen LogP contribution in [0.15, 0.2) is 0 Å². The van der Waals surface area contributed by atoms with Crippen LogP contribution in [-0.2, 0) is 4.31 Å². The van der Waals surface area contributed by atoms with E-state index < -0.39 is 17.2 Å². The molecule has 0 aliphatic rings. The molecule has 0 aromatic rings. The van der Waals surface area contributed by atoms with Crippen LogP contribution in [0.5, 0.6) is 0 Å². The molecular weight excluding hydrogens is 156 g/mol. The van der Waals surface area contributed by atoms with Crippen molar-refractivity contribution < 1.29 is 61.6 Å². The van der Waals surface area contributed by atoms with E-state index in [1.54, 1.807) is 0 Å². The van der Waals surface area contributed by atoms with E-state index in [-0.39, 0.29) is 37.7 Å². The van der Waals surface area contributed by atoms with Gasteiger partial charge in [0.25, 0.3) is 0 Å². The third-order valence-electron chi connectivity index (χ3n) is 0.140. The van der Waals surface area contributed by atoms with E-state index in [9.17, 15) is 9.79 Å². The summed E-state index contributed by atoms with van der Waals surface area (Å²) in [4.78, 5) is 34.1. The molecule has 0 aromatic carbocycles. The van der Waals surface area contributed by atoms with Crippen molar-refractivity contribution in [2.24, 2.45) is 0 Å². The van der Waals surface area contributed by atoms with Gasteiger partial charge in [-0.3, -0.25) is 0 Å². The molecule has 44 valence electrons. The summed E-state index contributed by atoms with van der Waals surface area (Å²) in [6.45, 7) is 0. The minimum atomic E-state index is -3.11. The van der Waals surface area contributed by atoms with Crippen LogP contribution in [0.25, 0.3) is 0 Å². The van der Waals surface area contributed by atoms with E-state index in [0.29, 0.717) is 0 Å². The molecule has 0 fully saturated rings. The SMILES string of the molecule is [Li+].[Li+].[O-]P([O-])OP(O)O. The first-order valence-corrected chi connectivity index (χ1v) is 3.39. The van der Waals surface area contributed by atoms with Gasteiger partial charge in [-0.25, -0.2) is 0 Å². The van der Waals surface area contributed by atoms with Gasteiger partial charge >= 0.3 is 46.3 Å². The number of rotatable bonds is 2. The zero-order chi connectivity index (χ0) is 5.86. The fraction of sp³-hybridized carbons (Fsp3) is 0. The van der Waals surface area contributed by atoms with E-state index in [0.717, 1.165) is 0 Å². The van der Waals surface area contributed by atoms with Crippen molar-refractivity contribution in [3.8, 4) is 0 Å². The molecule has 0 saturated heterocycles. The van der Waals surface area contributed by atoms with Crippen LogP contribution in [0.1, 0.15) is 0 Å². The standard InChI is InChI=1S/2Li.H2O5P2/c;;1-6(2)5-7(3)4/h;;1-2H/q2*+1;-2. The molecule has 0 aromatic heterocycles. The van der Waals surface area contributed by atoms with Crippen LogP contribution in [-0.4, -0.2) is 9.79 Å². The Labute approximate surface area is 78.8 Å². The first-order chi connectivity index (χ1) is 3.13. The normalized spacial score (nSPS) is 8.67. The van der Waals surface area contributed by atoms with Crippen LogP contribution in [0.2, 0.25) is 0 Å². The summed E-state index contributed by atoms with van der Waals surface area (Å²) in [5.41, 5.74) is 0. The quantitative estimate of drug-likeness (QED) is 0.307. The second kappa shape index (κ2) is 9.85. The third kappa shape index (κ3) is 17.7. The van der Waals surface area contributed by atoms with Crippen molar-refractivity contribution in [2.75, 3.05) is 0 Å². The molecule has 0 heterocycles. The molecule has 0 amide bonds. The molecule has 0 radical (unpaired) electrons. The number of hydrogen-bond acceptors (Lipinski definition) is 5. The molecule has 0 atom stereocenters. The average molecular weight is 158 g/mol. The van der Waals surface area contributed by atoms with Gasteiger partial charge in [0.2, 0.25) is 0 Å². The fourth-order valence-corrected chi connectivity index (χ4v) is 0.537. The Morgan fingerprint density at radius 1 is 1.11 bits per heavy atom. The zero-order valence-electron chi connectivity index (χ0n) is 5.01. The molecule has 0 saturated carbocycles. The smallest absolute Gasteiger partial charge is 0.820 e. The number of hydrogen-bond donors (Lipinski definition) is 2. The van der Waals surface area contributed by atoms with Gasteiger partial charge in [-0.15, -0.1) is 8.60 Å². The molecule has 2 N–H and O–H groups in total. The van der Waals surface area contributed by atoms with Gasteiger partial charge in [0.15, 0.2) is 0 Å². The predicted molar refractivity (Wildman–Crippen MR) is 19.4 cm³/mol. The van der Waals surface area contributed by atoms with Crippen LogP contribution in [0.4, 0.5) is 0 Å². The van der Waals surface area contributed by atoms with Crippen LogP contribution >= 0.6 is 17.2 Å². The molecule has 0 aliphatic heterocycles. The average Bonchev–Trinajstić information content (AvgIpc) is 1.27. The minimum absolute atomic E-state index is 0. The van der Waals surface area contributed by atoms with Crippen LogP contribution in [0.3, 0.4) is 0 Å². The van der Waals surface area contributed by atoms with E-state index in [2.05, 4.69) is 4.31 Å². The monoisotopic (exact) mass is 158 g/mol. The van der Waals surface area contributed by atoms with Gasteiger partial charge in [0.05, 0.1) is 0 Å². The Morgan fingerprint density at radius 2 is 1.44 bits per heavy atom. The van der Waals surface area contributed by atoms with Gasteiger partial charge < -0.3 is 23.9 Å². The summed E-state index contributed by atoms with van der Waals surface area (Å²) >= 11 is 0. The van der Waals surface area contributed by atoms with Crippen LogP contribution in [0, 0.1) is 0 Å². The van der Waals surface area contributed by atoms with Crippen molar-refractivity contribution in [2.45, 2.75) is 0 Å². The summed E-state index contributed by atoms with van der Waals surface area (Å²) in [6.07, 6.45) is 0. The molecule has 9 heteroatoms. The molecule has 9 heavy (non-hydrogen) atoms. The Bertz CT molecular complexity index is 42.2. The molecule has 0 spiro atoms. The summed E-state index contributed by atoms with van der Waals surface area (Å²) in [5.74, 6) is 0. The maximum Gasteiger partial charge on any atom is 1.00 e. The van der Waals surface area contributed by atoms with Crippen molar-refractivity contribution >= 4 is 17.2 Å². The fourth-order valence-electron chi connectivity index (χ4n) is 0.0596. The van der Waals surface area contributed by atoms with E-state index >= 15 is 0 Å². The van der Waals surface area contributed by atoms with E-state index in [4.69, 9.17) is 9.79 Å². The molecule has 0 bridgehead atoms. The first-order valence-electron chi connectivity index (χ1n) is 1.13. The summed E-state index contributed by atoms with van der Waals surface area (Å²) in [5, 5.41) is 0. The Hall–Kier alpha value is 1.85. The van der Waals surface area contributed by atoms with E-state index in [1.165, 1.54) is 0 Å². The van der Waals surface area contributed by atoms with Gasteiger partial charge in [-0.2, -0.15) is 0 Å². The molecule has 0 aliphatic carbocycles. The second-order valence-electron chi connectivity index (χ2n) is 0.558. The summed E-state index contributed by atoms with van der Waals surface area (Å²) in [7, 11) is -5.85. The van der Waals surface area contributed by atoms with Crippen molar-refractivity contribution in [3.05, 3.63) is 0 Å². The predicted octanol–water partition coefficient (Wildman–Crippen LogP) is -7.83. The first kappa shape index (κ1) is 17.1. The third-order valence-corrected chi connectivity index (χ3v) is 1.26. The van der Waals surface area contributed by atoms with Gasteiger partial charge in [-0.1, -0.05) is 0 Å². The molecule has 0 unspecified atom stereocenters. The topological polar surface area (TPSA) is 95.8 Å². The molecule has 5 nitrogen and oxygen atoms in total. The maximum absolute atomic E-state index is 9.32. The Morgan fingerprint density at radius 3 is 1.44 bits per heavy atom. The van der Waals surface area contributed by atoms with Crippen molar-refractivity contribution in [1.82, 2.24) is 0 Å². The minimum Gasteiger partial charge on any atom is -0.820 e. The maximum atomic E-state index is 9.32.